The lowest BCUT2D eigenvalue weighted by Gasteiger charge is -2.34. The van der Waals surface area contributed by atoms with Crippen molar-refractivity contribution < 1.29 is 13.7 Å². The number of nitrogens with one attached hydrogen (secondary N) is 2. The molecule has 0 aliphatic carbocycles. The van der Waals surface area contributed by atoms with E-state index in [0.29, 0.717) is 37.0 Å². The Morgan fingerprint density at radius 2 is 2.07 bits per heavy atom. The molecular weight excluding hydrogens is 390 g/mol. The van der Waals surface area contributed by atoms with E-state index in [2.05, 4.69) is 27.4 Å². The first-order valence-electron chi connectivity index (χ1n) is 9.64. The number of hydrogen-bond donors (Lipinski definition) is 2. The lowest BCUT2D eigenvalue weighted by molar-refractivity contribution is 0.0985. The maximum absolute atomic E-state index is 11.8. The molecule has 1 aromatic carbocycles. The Balaban J connectivity index is 1.89. The molecule has 1 fully saturated rings. The number of benzene rings is 1. The standard InChI is InChI=1S/C20H27N5O3S/c1-4-21-20(26)23-16-7-5-15(6-8-16)19-22-17(13-29(3)27)11-18(24-19)25-9-10-28-12-14(25)2/h5-8,11,14H,4,9-10,12-13H2,1-3H3,(H2,21,23,26)/t14-,29?/m0/s1. The number of carbonyl (C=O) groups is 1. The Kier molecular flexibility index (Phi) is 7.16. The molecule has 0 bridgehead atoms. The van der Waals surface area contributed by atoms with Gasteiger partial charge in [-0.1, -0.05) is 0 Å². The van der Waals surface area contributed by atoms with Crippen LogP contribution in [0.25, 0.3) is 11.4 Å². The van der Waals surface area contributed by atoms with Gasteiger partial charge in [0.25, 0.3) is 0 Å². The number of ether oxygens (including phenoxy) is 1. The van der Waals surface area contributed by atoms with Gasteiger partial charge in [0.15, 0.2) is 5.82 Å². The molecule has 1 aliphatic rings. The maximum atomic E-state index is 11.8. The van der Waals surface area contributed by atoms with Crippen LogP contribution in [0.1, 0.15) is 19.5 Å². The first kappa shape index (κ1) is 21.2. The number of nitrogens with zero attached hydrogens (tertiary/aromatic N) is 3. The van der Waals surface area contributed by atoms with Crippen molar-refractivity contribution >= 4 is 28.3 Å². The fraction of sp³-hybridized carbons (Fsp3) is 0.450. The van der Waals surface area contributed by atoms with Crippen LogP contribution >= 0.6 is 0 Å². The van der Waals surface area contributed by atoms with Crippen molar-refractivity contribution in [2.24, 2.45) is 0 Å². The highest BCUT2D eigenvalue weighted by molar-refractivity contribution is 7.83. The fourth-order valence-electron chi connectivity index (χ4n) is 3.15. The molecule has 2 N–H and O–H groups in total. The third-order valence-electron chi connectivity index (χ3n) is 4.52. The Hall–Kier alpha value is -2.52. The Labute approximate surface area is 173 Å². The van der Waals surface area contributed by atoms with E-state index in [9.17, 15) is 9.00 Å². The molecule has 2 amide bonds. The van der Waals surface area contributed by atoms with Crippen LogP contribution in [-0.4, -0.2) is 58.8 Å². The molecule has 1 unspecified atom stereocenters. The van der Waals surface area contributed by atoms with Crippen molar-refractivity contribution in [2.45, 2.75) is 25.6 Å². The summed E-state index contributed by atoms with van der Waals surface area (Å²) >= 11 is 0. The Bertz CT molecular complexity index is 875. The van der Waals surface area contributed by atoms with Crippen LogP contribution in [-0.2, 0) is 21.3 Å². The predicted molar refractivity (Wildman–Crippen MR) is 116 cm³/mol. The minimum atomic E-state index is -1.00. The van der Waals surface area contributed by atoms with Gasteiger partial charge in [0, 0.05) is 47.5 Å². The molecule has 1 aromatic heterocycles. The average molecular weight is 418 g/mol. The van der Waals surface area contributed by atoms with Crippen LogP contribution in [0.15, 0.2) is 30.3 Å². The zero-order chi connectivity index (χ0) is 20.8. The fourth-order valence-corrected chi connectivity index (χ4v) is 3.71. The zero-order valence-electron chi connectivity index (χ0n) is 17.0. The summed E-state index contributed by atoms with van der Waals surface area (Å²) in [7, 11) is -1.00. The molecule has 156 valence electrons. The minimum Gasteiger partial charge on any atom is -0.377 e. The van der Waals surface area contributed by atoms with Crippen molar-refractivity contribution in [2.75, 3.05) is 42.8 Å². The van der Waals surface area contributed by atoms with Gasteiger partial charge in [-0.15, -0.1) is 0 Å². The molecule has 8 nitrogen and oxygen atoms in total. The number of aromatic nitrogens is 2. The maximum Gasteiger partial charge on any atom is 0.319 e. The summed E-state index contributed by atoms with van der Waals surface area (Å²) < 4.78 is 17.3. The topological polar surface area (TPSA) is 96.5 Å². The van der Waals surface area contributed by atoms with Gasteiger partial charge in [-0.05, 0) is 38.1 Å². The van der Waals surface area contributed by atoms with E-state index < -0.39 is 10.8 Å². The Morgan fingerprint density at radius 3 is 2.72 bits per heavy atom. The molecule has 9 heteroatoms. The largest absolute Gasteiger partial charge is 0.377 e. The second kappa shape index (κ2) is 9.80. The predicted octanol–water partition coefficient (Wildman–Crippen LogP) is 2.39. The van der Waals surface area contributed by atoms with Crippen molar-refractivity contribution in [3.8, 4) is 11.4 Å². The van der Waals surface area contributed by atoms with Gasteiger partial charge in [0.05, 0.1) is 30.7 Å². The van der Waals surface area contributed by atoms with Gasteiger partial charge in [-0.3, -0.25) is 4.21 Å². The van der Waals surface area contributed by atoms with Crippen LogP contribution in [0.4, 0.5) is 16.3 Å². The normalized spacial score (nSPS) is 17.6. The SMILES string of the molecule is CCNC(=O)Nc1ccc(-c2nc(CS(C)=O)cc(N3CCOC[C@@H]3C)n2)cc1. The van der Waals surface area contributed by atoms with Crippen molar-refractivity contribution in [1.29, 1.82) is 0 Å². The molecule has 0 spiro atoms. The lowest BCUT2D eigenvalue weighted by Crippen LogP contribution is -2.44. The molecule has 1 saturated heterocycles. The summed E-state index contributed by atoms with van der Waals surface area (Å²) in [5, 5.41) is 5.47. The van der Waals surface area contributed by atoms with Crippen LogP contribution in [0.5, 0.6) is 0 Å². The molecule has 29 heavy (non-hydrogen) atoms. The number of urea groups is 1. The highest BCUT2D eigenvalue weighted by atomic mass is 32.2. The molecule has 1 aliphatic heterocycles. The number of morpholine rings is 1. The summed E-state index contributed by atoms with van der Waals surface area (Å²) in [5.41, 5.74) is 2.26. The lowest BCUT2D eigenvalue weighted by atomic mass is 10.2. The van der Waals surface area contributed by atoms with Gasteiger partial charge in [-0.25, -0.2) is 14.8 Å². The quantitative estimate of drug-likeness (QED) is 0.749. The average Bonchev–Trinajstić information content (AvgIpc) is 2.68. The van der Waals surface area contributed by atoms with Crippen LogP contribution < -0.4 is 15.5 Å². The summed E-state index contributed by atoms with van der Waals surface area (Å²) in [4.78, 5) is 23.3. The molecule has 3 rings (SSSR count). The number of hydrogen-bond acceptors (Lipinski definition) is 6. The van der Waals surface area contributed by atoms with Crippen LogP contribution in [0, 0.1) is 0 Å². The first-order valence-corrected chi connectivity index (χ1v) is 11.4. The molecular formula is C20H27N5O3S. The zero-order valence-corrected chi connectivity index (χ0v) is 17.8. The third-order valence-corrected chi connectivity index (χ3v) is 5.22. The van der Waals surface area contributed by atoms with E-state index in [0.717, 1.165) is 23.6 Å². The second-order valence-corrected chi connectivity index (χ2v) is 8.37. The highest BCUT2D eigenvalue weighted by Crippen LogP contribution is 2.24. The Morgan fingerprint density at radius 1 is 1.31 bits per heavy atom. The van der Waals surface area contributed by atoms with Gasteiger partial charge in [0.1, 0.15) is 5.82 Å². The van der Waals surface area contributed by atoms with E-state index in [-0.39, 0.29) is 12.1 Å². The van der Waals surface area contributed by atoms with Gasteiger partial charge < -0.3 is 20.3 Å². The summed E-state index contributed by atoms with van der Waals surface area (Å²) in [6.45, 7) is 6.57. The van der Waals surface area contributed by atoms with Crippen LogP contribution in [0.2, 0.25) is 0 Å². The number of anilines is 2. The highest BCUT2D eigenvalue weighted by Gasteiger charge is 2.22. The van der Waals surface area contributed by atoms with E-state index in [1.54, 1.807) is 6.26 Å². The molecule has 2 atom stereocenters. The number of amides is 2. The van der Waals surface area contributed by atoms with Gasteiger partial charge in [-0.2, -0.15) is 0 Å². The number of carbonyl (C=O) groups excluding carboxylic acids is 1. The van der Waals surface area contributed by atoms with Crippen molar-refractivity contribution in [3.05, 3.63) is 36.0 Å². The van der Waals surface area contributed by atoms with Crippen molar-refractivity contribution in [1.82, 2.24) is 15.3 Å². The summed E-state index contributed by atoms with van der Waals surface area (Å²) in [5.74, 6) is 1.76. The van der Waals surface area contributed by atoms with Crippen LogP contribution in [0.3, 0.4) is 0 Å². The number of rotatable bonds is 6. The first-order chi connectivity index (χ1) is 14.0. The van der Waals surface area contributed by atoms with E-state index in [4.69, 9.17) is 9.72 Å². The monoisotopic (exact) mass is 417 g/mol. The second-order valence-electron chi connectivity index (χ2n) is 6.94. The van der Waals surface area contributed by atoms with E-state index in [1.165, 1.54) is 0 Å². The third kappa shape index (κ3) is 5.74. The molecule has 2 heterocycles. The van der Waals surface area contributed by atoms with Crippen molar-refractivity contribution in [3.63, 3.8) is 0 Å². The summed E-state index contributed by atoms with van der Waals surface area (Å²) in [6.07, 6.45) is 1.67. The molecule has 0 saturated carbocycles. The smallest absolute Gasteiger partial charge is 0.319 e. The van der Waals surface area contributed by atoms with E-state index in [1.807, 2.05) is 37.3 Å². The molecule has 2 aromatic rings. The van der Waals surface area contributed by atoms with Gasteiger partial charge in [0.2, 0.25) is 0 Å². The van der Waals surface area contributed by atoms with Gasteiger partial charge >= 0.3 is 6.03 Å². The summed E-state index contributed by atoms with van der Waals surface area (Å²) in [6, 6.07) is 9.25. The van der Waals surface area contributed by atoms with E-state index >= 15 is 0 Å². The minimum absolute atomic E-state index is 0.204. The molecule has 0 radical (unpaired) electrons.